The third kappa shape index (κ3) is 9.55. The topological polar surface area (TPSA) is 87.0 Å². The highest BCUT2D eigenvalue weighted by Crippen LogP contribution is 2.38. The number of aliphatic hydroxyl groups excluding tert-OH is 3. The molecular weight excluding hydrogens is 392 g/mol. The molecule has 1 aliphatic rings. The summed E-state index contributed by atoms with van der Waals surface area (Å²) in [6.07, 6.45) is 2.34. The number of ether oxygens (including phenoxy) is 1. The fraction of sp³-hybridized carbons (Fsp3) is 0.654. The van der Waals surface area contributed by atoms with Crippen molar-refractivity contribution in [1.29, 1.82) is 0 Å². The number of aliphatic hydroxyl groups is 3. The summed E-state index contributed by atoms with van der Waals surface area (Å²) in [5, 5.41) is 31.3. The molecule has 5 nitrogen and oxygen atoms in total. The molecule has 31 heavy (non-hydrogen) atoms. The lowest BCUT2D eigenvalue weighted by Gasteiger charge is -2.23. The molecule has 0 radical (unpaired) electrons. The minimum atomic E-state index is -3.32. The van der Waals surface area contributed by atoms with Crippen LogP contribution < -0.4 is 0 Å². The van der Waals surface area contributed by atoms with Crippen molar-refractivity contribution in [1.82, 2.24) is 0 Å². The Morgan fingerprint density at radius 1 is 1.19 bits per heavy atom. The van der Waals surface area contributed by atoms with E-state index in [0.29, 0.717) is 32.1 Å². The number of allylic oxidation sites excluding steroid dienone is 2. The molecule has 1 fully saturated rings. The Morgan fingerprint density at radius 3 is 2.68 bits per heavy atom. The molecule has 5 atom stereocenters. The van der Waals surface area contributed by atoms with Gasteiger partial charge < -0.3 is 20.1 Å². The van der Waals surface area contributed by atoms with Crippen LogP contribution >= 0.6 is 0 Å². The fourth-order valence-electron chi connectivity index (χ4n) is 4.31. The van der Waals surface area contributed by atoms with E-state index in [-0.39, 0.29) is 31.1 Å². The number of hydrogen-bond acceptors (Lipinski definition) is 5. The smallest absolute Gasteiger partial charge is 0.306 e. The van der Waals surface area contributed by atoms with E-state index in [9.17, 15) is 20.1 Å². The molecule has 1 saturated carbocycles. The Labute approximate surface area is 197 Å². The van der Waals surface area contributed by atoms with Crippen LogP contribution in [0.1, 0.15) is 80.2 Å². The van der Waals surface area contributed by atoms with Crippen LogP contribution in [0.15, 0.2) is 42.5 Å². The summed E-state index contributed by atoms with van der Waals surface area (Å²) < 4.78 is 56.0. The molecule has 1 unspecified atom stereocenters. The van der Waals surface area contributed by atoms with Crippen molar-refractivity contribution >= 4 is 5.97 Å². The summed E-state index contributed by atoms with van der Waals surface area (Å²) in [5.41, 5.74) is 1.16. The Hall–Kier alpha value is -1.69. The van der Waals surface area contributed by atoms with Gasteiger partial charge in [-0.2, -0.15) is 0 Å². The Bertz CT molecular complexity index is 874. The summed E-state index contributed by atoms with van der Waals surface area (Å²) in [5.74, 6) is -1.36. The van der Waals surface area contributed by atoms with Gasteiger partial charge in [0.1, 0.15) is 0 Å². The highest BCUT2D eigenvalue weighted by atomic mass is 16.5. The lowest BCUT2D eigenvalue weighted by molar-refractivity contribution is -0.147. The van der Waals surface area contributed by atoms with Crippen molar-refractivity contribution < 1.29 is 34.4 Å². The molecule has 1 aliphatic carbocycles. The predicted molar refractivity (Wildman–Crippen MR) is 122 cm³/mol. The molecule has 0 aliphatic heterocycles. The van der Waals surface area contributed by atoms with E-state index in [2.05, 4.69) is 4.74 Å². The number of esters is 1. The predicted octanol–water partition coefficient (Wildman–Crippen LogP) is 4.19. The largest absolute Gasteiger partial charge is 0.463 e. The third-order valence-electron chi connectivity index (χ3n) is 6.01. The van der Waals surface area contributed by atoms with Crippen LogP contribution in [-0.2, 0) is 16.0 Å². The van der Waals surface area contributed by atoms with Gasteiger partial charge in [-0.1, -0.05) is 42.5 Å². The van der Waals surface area contributed by atoms with E-state index in [4.69, 9.17) is 9.60 Å². The van der Waals surface area contributed by atoms with E-state index in [1.165, 1.54) is 0 Å². The number of rotatable bonds is 13. The number of carbonyl (C=O) groups excluding carboxylic acids is 1. The van der Waals surface area contributed by atoms with Gasteiger partial charge in [-0.25, -0.2) is 0 Å². The second kappa shape index (κ2) is 13.7. The zero-order valence-electron chi connectivity index (χ0n) is 25.0. The van der Waals surface area contributed by atoms with Crippen molar-refractivity contribution in [3.63, 3.8) is 0 Å². The molecule has 0 aromatic heterocycles. The van der Waals surface area contributed by atoms with E-state index >= 15 is 0 Å². The number of aryl methyl sites for hydroxylation is 1. The second-order valence-corrected chi connectivity index (χ2v) is 8.36. The zero-order valence-corrected chi connectivity index (χ0v) is 18.0. The van der Waals surface area contributed by atoms with Gasteiger partial charge in [-0.15, -0.1) is 0 Å². The van der Waals surface area contributed by atoms with Crippen LogP contribution in [-0.4, -0.2) is 45.7 Å². The average Bonchev–Trinajstić information content (AvgIpc) is 3.09. The Balaban J connectivity index is 1.76. The Kier molecular flexibility index (Phi) is 7.44. The lowest BCUT2D eigenvalue weighted by Crippen LogP contribution is -2.23. The number of carbonyl (C=O) groups is 1. The molecule has 0 heterocycles. The van der Waals surface area contributed by atoms with Gasteiger partial charge in [0.15, 0.2) is 0 Å². The molecule has 174 valence electrons. The van der Waals surface area contributed by atoms with Gasteiger partial charge in [-0.3, -0.25) is 4.79 Å². The molecule has 1 aromatic carbocycles. The Morgan fingerprint density at radius 2 is 1.94 bits per heavy atom. The van der Waals surface area contributed by atoms with E-state index in [1.54, 1.807) is 6.08 Å². The normalized spacial score (nSPS) is 29.2. The average molecular weight is 440 g/mol. The first kappa shape index (κ1) is 16.9. The maximum Gasteiger partial charge on any atom is 0.306 e. The minimum Gasteiger partial charge on any atom is -0.463 e. The number of benzene rings is 1. The van der Waals surface area contributed by atoms with Gasteiger partial charge >= 0.3 is 5.97 Å². The van der Waals surface area contributed by atoms with Gasteiger partial charge in [-0.05, 0) is 82.5 Å². The summed E-state index contributed by atoms with van der Waals surface area (Å²) in [6, 6.07) is 9.91. The van der Waals surface area contributed by atoms with E-state index in [0.717, 1.165) is 12.0 Å². The highest BCUT2D eigenvalue weighted by Gasteiger charge is 2.40. The quantitative estimate of drug-likeness (QED) is 0.244. The van der Waals surface area contributed by atoms with Crippen molar-refractivity contribution in [2.75, 3.05) is 0 Å². The summed E-state index contributed by atoms with van der Waals surface area (Å²) >= 11 is 0. The van der Waals surface area contributed by atoms with Crippen LogP contribution in [0.2, 0.25) is 0 Å². The highest BCUT2D eigenvalue weighted by molar-refractivity contribution is 5.69. The molecule has 2 rings (SSSR count). The molecule has 0 saturated heterocycles. The molecule has 3 N–H and O–H groups in total. The maximum absolute atomic E-state index is 12.0. The maximum atomic E-state index is 12.0. The fourth-order valence-corrected chi connectivity index (χ4v) is 4.31. The monoisotopic (exact) mass is 439 g/mol. The summed E-state index contributed by atoms with van der Waals surface area (Å²) in [7, 11) is 0. The van der Waals surface area contributed by atoms with Gasteiger partial charge in [0.2, 0.25) is 0 Å². The van der Waals surface area contributed by atoms with Crippen LogP contribution in [0.5, 0.6) is 0 Å². The second-order valence-electron chi connectivity index (χ2n) is 8.36. The summed E-state index contributed by atoms with van der Waals surface area (Å²) in [6.45, 7) is -6.65. The number of unbranched alkanes of at least 4 members (excludes halogenated alkanes) is 1. The van der Waals surface area contributed by atoms with E-state index < -0.39 is 44.1 Å². The van der Waals surface area contributed by atoms with Gasteiger partial charge in [0.05, 0.1) is 25.8 Å². The molecule has 1 aromatic rings. The van der Waals surface area contributed by atoms with Crippen LogP contribution in [0, 0.1) is 11.8 Å². The number of hydrogen-bond donors (Lipinski definition) is 3. The molecule has 5 heteroatoms. The molecular formula is C26H40O5. The van der Waals surface area contributed by atoms with Crippen LogP contribution in [0.3, 0.4) is 0 Å². The van der Waals surface area contributed by atoms with Gasteiger partial charge in [0, 0.05) is 14.6 Å². The zero-order chi connectivity index (χ0) is 28.6. The third-order valence-corrected chi connectivity index (χ3v) is 6.01. The molecule has 0 spiro atoms. The minimum absolute atomic E-state index is 0.138. The van der Waals surface area contributed by atoms with Crippen LogP contribution in [0.4, 0.5) is 0 Å². The van der Waals surface area contributed by atoms with Crippen LogP contribution in [0.25, 0.3) is 0 Å². The first-order valence-corrected chi connectivity index (χ1v) is 11.1. The SMILES string of the molecule is [2H]C([2H])([2H])C([2H])(OC(=O)CCC/C=C\C[C@H]1C(O)C[C@@H](O)[C@@H]1CC[C@@H](O)CCc1ccccc1)C([2H])([2H])[2H]. The first-order chi connectivity index (χ1) is 17.7. The summed E-state index contributed by atoms with van der Waals surface area (Å²) in [4.78, 5) is 12.0. The van der Waals surface area contributed by atoms with Crippen molar-refractivity contribution in [2.24, 2.45) is 11.8 Å². The van der Waals surface area contributed by atoms with Crippen molar-refractivity contribution in [3.8, 4) is 0 Å². The van der Waals surface area contributed by atoms with Crippen molar-refractivity contribution in [3.05, 3.63) is 48.0 Å². The van der Waals surface area contributed by atoms with Gasteiger partial charge in [0.25, 0.3) is 0 Å². The molecule has 0 amide bonds. The lowest BCUT2D eigenvalue weighted by atomic mass is 9.85. The first-order valence-electron chi connectivity index (χ1n) is 14.6. The van der Waals surface area contributed by atoms with Crippen molar-refractivity contribution in [2.45, 2.75) is 95.9 Å². The molecule has 0 bridgehead atoms. The van der Waals surface area contributed by atoms with E-state index in [1.807, 2.05) is 36.4 Å². The standard InChI is InChI=1S/C26H40O5/c1-19(2)31-26(30)13-9-4-3-8-12-22-23(25(29)18-24(22)28)17-16-21(27)15-14-20-10-6-5-7-11-20/h3,5-8,10-11,19,21-25,27-29H,4,9,12-18H2,1-2H3/b8-3-/t21-,22+,23+,24?,25+/m0/s1/i1D3,2D3,19D.